The molecular formula is C13H7Cl2F3. The molecule has 0 bridgehead atoms. The van der Waals surface area contributed by atoms with Gasteiger partial charge in [-0.25, -0.2) is 13.2 Å². The van der Waals surface area contributed by atoms with Gasteiger partial charge in [0.05, 0.1) is 15.6 Å². The lowest BCUT2D eigenvalue weighted by atomic mass is 9.99. The van der Waals surface area contributed by atoms with E-state index >= 15 is 0 Å². The van der Waals surface area contributed by atoms with E-state index in [0.717, 1.165) is 6.07 Å². The first-order chi connectivity index (χ1) is 8.52. The first-order valence-corrected chi connectivity index (χ1v) is 5.79. The highest BCUT2D eigenvalue weighted by atomic mass is 35.5. The van der Waals surface area contributed by atoms with E-state index in [4.69, 9.17) is 23.2 Å². The Balaban J connectivity index is 2.72. The molecule has 0 aromatic heterocycles. The Bertz CT molecular complexity index is 582. The molecule has 0 heterocycles. The summed E-state index contributed by atoms with van der Waals surface area (Å²) in [5.41, 5.74) is -0.321. The van der Waals surface area contributed by atoms with Crippen LogP contribution in [0.5, 0.6) is 0 Å². The quantitative estimate of drug-likeness (QED) is 0.662. The van der Waals surface area contributed by atoms with Crippen LogP contribution in [0.3, 0.4) is 0 Å². The Morgan fingerprint density at radius 1 is 0.889 bits per heavy atom. The lowest BCUT2D eigenvalue weighted by Gasteiger charge is -2.12. The van der Waals surface area contributed by atoms with Crippen LogP contribution in [0.25, 0.3) is 11.1 Å². The van der Waals surface area contributed by atoms with Gasteiger partial charge in [-0.2, -0.15) is 0 Å². The molecule has 5 heteroatoms. The topological polar surface area (TPSA) is 0 Å². The van der Waals surface area contributed by atoms with Gasteiger partial charge >= 0.3 is 0 Å². The molecule has 0 aliphatic heterocycles. The van der Waals surface area contributed by atoms with E-state index < -0.39 is 17.8 Å². The number of halogens is 5. The molecule has 2 aromatic carbocycles. The normalized spacial score (nSPS) is 11.0. The molecule has 2 rings (SSSR count). The summed E-state index contributed by atoms with van der Waals surface area (Å²) in [7, 11) is 0. The van der Waals surface area contributed by atoms with Crippen LogP contribution in [0.1, 0.15) is 12.0 Å². The van der Waals surface area contributed by atoms with Crippen LogP contribution in [0.15, 0.2) is 36.4 Å². The maximum absolute atomic E-state index is 13.5. The molecular weight excluding hydrogens is 284 g/mol. The average molecular weight is 291 g/mol. The summed E-state index contributed by atoms with van der Waals surface area (Å²) in [6.07, 6.45) is -2.92. The highest BCUT2D eigenvalue weighted by Crippen LogP contribution is 2.39. The Hall–Kier alpha value is -1.19. The van der Waals surface area contributed by atoms with Crippen LogP contribution >= 0.6 is 23.2 Å². The van der Waals surface area contributed by atoms with Crippen LogP contribution in [0.4, 0.5) is 13.2 Å². The molecule has 0 saturated heterocycles. The Morgan fingerprint density at radius 3 is 2.17 bits per heavy atom. The van der Waals surface area contributed by atoms with Crippen LogP contribution in [-0.2, 0) is 0 Å². The molecule has 0 aliphatic carbocycles. The van der Waals surface area contributed by atoms with Crippen molar-refractivity contribution in [2.75, 3.05) is 0 Å². The number of rotatable bonds is 2. The molecule has 0 saturated carbocycles. The minimum atomic E-state index is -2.92. The van der Waals surface area contributed by atoms with Gasteiger partial charge in [-0.1, -0.05) is 47.5 Å². The maximum Gasteiger partial charge on any atom is 0.267 e. The van der Waals surface area contributed by atoms with Gasteiger partial charge in [0.2, 0.25) is 0 Å². The van der Waals surface area contributed by atoms with Gasteiger partial charge in [0.15, 0.2) is 0 Å². The van der Waals surface area contributed by atoms with Gasteiger partial charge in [0.25, 0.3) is 6.43 Å². The fourth-order valence-corrected chi connectivity index (χ4v) is 2.11. The molecule has 2 aromatic rings. The largest absolute Gasteiger partial charge is 0.267 e. The molecule has 0 aliphatic rings. The zero-order valence-corrected chi connectivity index (χ0v) is 10.4. The van der Waals surface area contributed by atoms with E-state index in [1.165, 1.54) is 24.3 Å². The molecule has 18 heavy (non-hydrogen) atoms. The van der Waals surface area contributed by atoms with E-state index in [9.17, 15) is 13.2 Å². The van der Waals surface area contributed by atoms with Crippen molar-refractivity contribution in [2.24, 2.45) is 0 Å². The van der Waals surface area contributed by atoms with E-state index in [0.29, 0.717) is 5.56 Å². The van der Waals surface area contributed by atoms with Gasteiger partial charge in [-0.05, 0) is 17.7 Å². The SMILES string of the molecule is Fc1cccc(-c2cccc(Cl)c2Cl)c1C(F)F. The second-order valence-electron chi connectivity index (χ2n) is 3.60. The molecule has 0 N–H and O–H groups in total. The van der Waals surface area contributed by atoms with Crippen molar-refractivity contribution in [3.05, 3.63) is 57.8 Å². The lowest BCUT2D eigenvalue weighted by Crippen LogP contribution is -1.95. The number of alkyl halides is 2. The minimum absolute atomic E-state index is 0.0532. The standard InChI is InChI=1S/C13H7Cl2F3/c14-9-5-1-4-8(12(9)15)7-3-2-6-10(16)11(7)13(17)18/h1-6,13H. The molecule has 94 valence electrons. The molecule has 0 nitrogen and oxygen atoms in total. The Labute approximate surface area is 112 Å². The summed E-state index contributed by atoms with van der Waals surface area (Å²) in [5.74, 6) is -0.960. The van der Waals surface area contributed by atoms with Crippen molar-refractivity contribution in [3.63, 3.8) is 0 Å². The van der Waals surface area contributed by atoms with Gasteiger partial charge in [-0.3, -0.25) is 0 Å². The molecule has 0 fully saturated rings. The summed E-state index contributed by atoms with van der Waals surface area (Å²) in [6.45, 7) is 0. The average Bonchev–Trinajstić information content (AvgIpc) is 2.32. The van der Waals surface area contributed by atoms with E-state index in [1.54, 1.807) is 6.07 Å². The van der Waals surface area contributed by atoms with Gasteiger partial charge in [-0.15, -0.1) is 0 Å². The summed E-state index contributed by atoms with van der Waals surface area (Å²) < 4.78 is 39.2. The van der Waals surface area contributed by atoms with Crippen LogP contribution in [-0.4, -0.2) is 0 Å². The van der Waals surface area contributed by atoms with E-state index in [1.807, 2.05) is 0 Å². The number of benzene rings is 2. The number of hydrogen-bond acceptors (Lipinski definition) is 0. The predicted molar refractivity (Wildman–Crippen MR) is 66.8 cm³/mol. The van der Waals surface area contributed by atoms with E-state index in [2.05, 4.69) is 0 Å². The van der Waals surface area contributed by atoms with Gasteiger partial charge in [0.1, 0.15) is 5.82 Å². The van der Waals surface area contributed by atoms with Crippen LogP contribution in [0, 0.1) is 5.82 Å². The first kappa shape index (κ1) is 13.2. The van der Waals surface area contributed by atoms with Crippen LogP contribution < -0.4 is 0 Å². The summed E-state index contributed by atoms with van der Waals surface area (Å²) in [4.78, 5) is 0. The second kappa shape index (κ2) is 5.21. The van der Waals surface area contributed by atoms with Crippen LogP contribution in [0.2, 0.25) is 10.0 Å². The zero-order chi connectivity index (χ0) is 13.3. The first-order valence-electron chi connectivity index (χ1n) is 5.03. The second-order valence-corrected chi connectivity index (χ2v) is 4.39. The smallest absolute Gasteiger partial charge is 0.206 e. The monoisotopic (exact) mass is 290 g/mol. The molecule has 0 radical (unpaired) electrons. The van der Waals surface area contributed by atoms with E-state index in [-0.39, 0.29) is 15.6 Å². The third kappa shape index (κ3) is 2.33. The minimum Gasteiger partial charge on any atom is -0.206 e. The number of hydrogen-bond donors (Lipinski definition) is 0. The summed E-state index contributed by atoms with van der Waals surface area (Å²) in [6, 6.07) is 8.37. The Kier molecular flexibility index (Phi) is 3.83. The highest BCUT2D eigenvalue weighted by Gasteiger charge is 2.20. The maximum atomic E-state index is 13.5. The van der Waals surface area contributed by atoms with Gasteiger partial charge < -0.3 is 0 Å². The van der Waals surface area contributed by atoms with Crippen molar-refractivity contribution < 1.29 is 13.2 Å². The molecule has 0 amide bonds. The lowest BCUT2D eigenvalue weighted by molar-refractivity contribution is 0.147. The van der Waals surface area contributed by atoms with Crippen molar-refractivity contribution in [2.45, 2.75) is 6.43 Å². The van der Waals surface area contributed by atoms with Crippen molar-refractivity contribution in [1.29, 1.82) is 0 Å². The third-order valence-corrected chi connectivity index (χ3v) is 3.33. The fraction of sp³-hybridized carbons (Fsp3) is 0.0769. The summed E-state index contributed by atoms with van der Waals surface area (Å²) >= 11 is 11.8. The van der Waals surface area contributed by atoms with Crippen molar-refractivity contribution in [3.8, 4) is 11.1 Å². The van der Waals surface area contributed by atoms with Crippen molar-refractivity contribution in [1.82, 2.24) is 0 Å². The fourth-order valence-electron chi connectivity index (χ4n) is 1.71. The molecule has 0 unspecified atom stereocenters. The Morgan fingerprint density at radius 2 is 1.50 bits per heavy atom. The summed E-state index contributed by atoms with van der Waals surface area (Å²) in [5, 5.41) is 0.366. The molecule has 0 spiro atoms. The van der Waals surface area contributed by atoms with Crippen molar-refractivity contribution >= 4 is 23.2 Å². The molecule has 0 atom stereocenters. The van der Waals surface area contributed by atoms with Gasteiger partial charge in [0, 0.05) is 5.56 Å². The zero-order valence-electron chi connectivity index (χ0n) is 8.93. The predicted octanol–water partition coefficient (Wildman–Crippen LogP) is 5.74. The third-order valence-electron chi connectivity index (χ3n) is 2.51. The highest BCUT2D eigenvalue weighted by molar-refractivity contribution is 6.43.